The van der Waals surface area contributed by atoms with E-state index in [1.165, 1.54) is 6.07 Å². The smallest absolute Gasteiger partial charge is 0.271 e. The zero-order valence-electron chi connectivity index (χ0n) is 15.2. The topological polar surface area (TPSA) is 148 Å². The fourth-order valence-corrected chi connectivity index (χ4v) is 3.01. The molecule has 1 aliphatic heterocycles. The SMILES string of the molecule is CC(C)=CCc1c(O)cc2c(c1O)C(=O)C(O)(O)C(c1ccc(O)c(O)c1)O2. The summed E-state index contributed by atoms with van der Waals surface area (Å²) in [5, 5.41) is 60.6. The summed E-state index contributed by atoms with van der Waals surface area (Å²) in [4.78, 5) is 12.7. The second kappa shape index (κ2) is 6.74. The van der Waals surface area contributed by atoms with E-state index in [4.69, 9.17) is 4.74 Å². The second-order valence-corrected chi connectivity index (χ2v) is 6.88. The molecule has 1 heterocycles. The number of aliphatic hydroxyl groups is 2. The van der Waals surface area contributed by atoms with Crippen LogP contribution in [0.2, 0.25) is 0 Å². The van der Waals surface area contributed by atoms with Gasteiger partial charge in [0, 0.05) is 17.2 Å². The average molecular weight is 388 g/mol. The molecule has 28 heavy (non-hydrogen) atoms. The minimum absolute atomic E-state index is 0.00750. The number of phenols is 4. The van der Waals surface area contributed by atoms with Gasteiger partial charge in [-0.2, -0.15) is 0 Å². The van der Waals surface area contributed by atoms with Crippen LogP contribution in [0.25, 0.3) is 0 Å². The van der Waals surface area contributed by atoms with Crippen molar-refractivity contribution >= 4 is 5.78 Å². The van der Waals surface area contributed by atoms with Gasteiger partial charge in [0.05, 0.1) is 0 Å². The molecule has 1 atom stereocenters. The van der Waals surface area contributed by atoms with Crippen molar-refractivity contribution in [3.63, 3.8) is 0 Å². The molecule has 8 heteroatoms. The van der Waals surface area contributed by atoms with E-state index in [2.05, 4.69) is 0 Å². The van der Waals surface area contributed by atoms with E-state index < -0.39 is 40.5 Å². The van der Waals surface area contributed by atoms with Gasteiger partial charge in [0.2, 0.25) is 5.78 Å². The number of benzene rings is 2. The van der Waals surface area contributed by atoms with E-state index >= 15 is 0 Å². The highest BCUT2D eigenvalue weighted by Crippen LogP contribution is 2.48. The van der Waals surface area contributed by atoms with Crippen molar-refractivity contribution in [1.29, 1.82) is 0 Å². The van der Waals surface area contributed by atoms with Crippen LogP contribution in [0.15, 0.2) is 35.9 Å². The summed E-state index contributed by atoms with van der Waals surface area (Å²) in [5.41, 5.74) is 0.504. The van der Waals surface area contributed by atoms with Crippen LogP contribution in [0.1, 0.15) is 41.4 Å². The summed E-state index contributed by atoms with van der Waals surface area (Å²) in [6.45, 7) is 3.65. The molecule has 0 bridgehead atoms. The number of ether oxygens (including phenoxy) is 1. The second-order valence-electron chi connectivity index (χ2n) is 6.88. The quantitative estimate of drug-likeness (QED) is 0.266. The molecule has 0 aliphatic carbocycles. The van der Waals surface area contributed by atoms with Gasteiger partial charge in [-0.1, -0.05) is 17.7 Å². The van der Waals surface area contributed by atoms with Gasteiger partial charge in [-0.3, -0.25) is 4.79 Å². The lowest BCUT2D eigenvalue weighted by molar-refractivity contribution is -0.186. The molecule has 2 aromatic rings. The molecular weight excluding hydrogens is 368 g/mol. The van der Waals surface area contributed by atoms with E-state index in [-0.39, 0.29) is 29.0 Å². The lowest BCUT2D eigenvalue weighted by Crippen LogP contribution is -2.49. The highest BCUT2D eigenvalue weighted by atomic mass is 16.6. The number of ketones is 1. The number of Topliss-reactive ketones (excluding diaryl/α,β-unsaturated/α-hetero) is 1. The van der Waals surface area contributed by atoms with E-state index in [0.717, 1.165) is 23.8 Å². The van der Waals surface area contributed by atoms with Crippen molar-refractivity contribution < 1.29 is 40.2 Å². The Morgan fingerprint density at radius 3 is 2.36 bits per heavy atom. The molecule has 0 amide bonds. The standard InChI is InChI=1S/C20H20O8/c1-9(2)3-5-11-13(22)8-15-16(17(11)24)18(25)20(26,27)19(28-15)10-4-6-12(21)14(23)7-10/h3-4,6-8,19,21-24,26-27H,5H2,1-2H3. The number of fused-ring (bicyclic) bond motifs is 1. The molecular formula is C20H20O8. The summed E-state index contributed by atoms with van der Waals surface area (Å²) >= 11 is 0. The van der Waals surface area contributed by atoms with Crippen LogP contribution in [0, 0.1) is 0 Å². The van der Waals surface area contributed by atoms with Crippen molar-refractivity contribution in [2.75, 3.05) is 0 Å². The first-order chi connectivity index (χ1) is 13.0. The van der Waals surface area contributed by atoms with Gasteiger partial charge in [0.15, 0.2) is 17.6 Å². The molecule has 1 unspecified atom stereocenters. The fraction of sp³-hybridized carbons (Fsp3) is 0.250. The maximum atomic E-state index is 12.7. The van der Waals surface area contributed by atoms with Crippen LogP contribution in [0.5, 0.6) is 28.7 Å². The summed E-state index contributed by atoms with van der Waals surface area (Å²) < 4.78 is 5.49. The fourth-order valence-electron chi connectivity index (χ4n) is 3.01. The molecule has 8 nitrogen and oxygen atoms in total. The van der Waals surface area contributed by atoms with Crippen molar-refractivity contribution in [3.8, 4) is 28.7 Å². The minimum atomic E-state index is -3.06. The molecule has 0 saturated carbocycles. The van der Waals surface area contributed by atoms with Crippen LogP contribution >= 0.6 is 0 Å². The molecule has 0 spiro atoms. The molecule has 1 aliphatic rings. The monoisotopic (exact) mass is 388 g/mol. The van der Waals surface area contributed by atoms with Gasteiger partial charge in [0.25, 0.3) is 5.79 Å². The van der Waals surface area contributed by atoms with Crippen molar-refractivity contribution in [1.82, 2.24) is 0 Å². The third kappa shape index (κ3) is 3.12. The molecule has 0 aromatic heterocycles. The average Bonchev–Trinajstić information content (AvgIpc) is 2.60. The highest BCUT2D eigenvalue weighted by molar-refractivity contribution is 6.07. The zero-order valence-corrected chi connectivity index (χ0v) is 15.2. The van der Waals surface area contributed by atoms with Gasteiger partial charge in [-0.25, -0.2) is 0 Å². The molecule has 3 rings (SSSR count). The van der Waals surface area contributed by atoms with Crippen LogP contribution in [-0.2, 0) is 6.42 Å². The number of aromatic hydroxyl groups is 4. The molecule has 148 valence electrons. The van der Waals surface area contributed by atoms with E-state index in [0.29, 0.717) is 0 Å². The van der Waals surface area contributed by atoms with Gasteiger partial charge < -0.3 is 35.4 Å². The van der Waals surface area contributed by atoms with Gasteiger partial charge >= 0.3 is 0 Å². The molecule has 0 saturated heterocycles. The first kappa shape index (κ1) is 19.5. The van der Waals surface area contributed by atoms with Gasteiger partial charge in [-0.05, 0) is 32.4 Å². The summed E-state index contributed by atoms with van der Waals surface area (Å²) in [6.07, 6.45) is 0.184. The van der Waals surface area contributed by atoms with E-state index in [1.807, 2.05) is 13.8 Å². The Hall–Kier alpha value is -3.23. The maximum absolute atomic E-state index is 12.7. The van der Waals surface area contributed by atoms with E-state index in [1.54, 1.807) is 6.08 Å². The van der Waals surface area contributed by atoms with E-state index in [9.17, 15) is 35.4 Å². The Balaban J connectivity index is 2.13. The number of hydrogen-bond acceptors (Lipinski definition) is 8. The Kier molecular flexibility index (Phi) is 4.70. The molecule has 2 aromatic carbocycles. The minimum Gasteiger partial charge on any atom is -0.507 e. The highest BCUT2D eigenvalue weighted by Gasteiger charge is 2.52. The Morgan fingerprint density at radius 2 is 1.75 bits per heavy atom. The van der Waals surface area contributed by atoms with Crippen LogP contribution < -0.4 is 4.74 Å². The molecule has 6 N–H and O–H groups in total. The normalized spacial score (nSPS) is 17.6. The largest absolute Gasteiger partial charge is 0.507 e. The summed E-state index contributed by atoms with van der Waals surface area (Å²) in [6, 6.07) is 4.47. The van der Waals surface area contributed by atoms with Crippen LogP contribution in [0.4, 0.5) is 0 Å². The number of carbonyl (C=O) groups is 1. The third-order valence-corrected chi connectivity index (χ3v) is 4.53. The Bertz CT molecular complexity index is 986. The predicted molar refractivity (Wildman–Crippen MR) is 97.5 cm³/mol. The van der Waals surface area contributed by atoms with Crippen LogP contribution in [0.3, 0.4) is 0 Å². The number of allylic oxidation sites excluding steroid dienone is 2. The van der Waals surface area contributed by atoms with Crippen molar-refractivity contribution in [2.45, 2.75) is 32.2 Å². The molecule has 0 radical (unpaired) electrons. The van der Waals surface area contributed by atoms with Crippen molar-refractivity contribution in [2.24, 2.45) is 0 Å². The van der Waals surface area contributed by atoms with Crippen LogP contribution in [-0.4, -0.2) is 42.2 Å². The number of phenolic OH excluding ortho intramolecular Hbond substituents is 4. The zero-order chi connectivity index (χ0) is 20.8. The number of rotatable bonds is 3. The Labute approximate surface area is 160 Å². The lowest BCUT2D eigenvalue weighted by atomic mass is 9.88. The molecule has 0 fully saturated rings. The number of carbonyl (C=O) groups excluding carboxylic acids is 1. The maximum Gasteiger partial charge on any atom is 0.271 e. The van der Waals surface area contributed by atoms with Gasteiger partial charge in [0.1, 0.15) is 22.8 Å². The first-order valence-electron chi connectivity index (χ1n) is 8.43. The lowest BCUT2D eigenvalue weighted by Gasteiger charge is -2.36. The van der Waals surface area contributed by atoms with Gasteiger partial charge in [-0.15, -0.1) is 0 Å². The first-order valence-corrected chi connectivity index (χ1v) is 8.43. The predicted octanol–water partition coefficient (Wildman–Crippen LogP) is 2.02. The Morgan fingerprint density at radius 1 is 1.07 bits per heavy atom. The summed E-state index contributed by atoms with van der Waals surface area (Å²) in [7, 11) is 0. The van der Waals surface area contributed by atoms with Crippen molar-refractivity contribution in [3.05, 3.63) is 52.6 Å². The number of hydrogen-bond donors (Lipinski definition) is 6. The third-order valence-electron chi connectivity index (χ3n) is 4.53. The summed E-state index contributed by atoms with van der Waals surface area (Å²) in [5.74, 6) is -6.42.